The summed E-state index contributed by atoms with van der Waals surface area (Å²) in [5.74, 6) is -1.01. The molecule has 2 aromatic carbocycles. The number of nitrogens with zero attached hydrogens (tertiary/aromatic N) is 4. The zero-order valence-corrected chi connectivity index (χ0v) is 19.4. The standard InChI is InChI=1S/C24H24FN5O3S/c1-33-13-12-26-24(32)23(21-7-4-14-34-21)29(15-17-8-10-18(25)11-9-17)22(31)16-30-20-6-3-2-5-19(20)27-28-30/h2-11,14,23H,12-13,15-16H2,1H3,(H,26,32)/t23-/m1/s1. The molecule has 1 atom stereocenters. The molecule has 2 heterocycles. The number of carbonyl (C=O) groups is 2. The lowest BCUT2D eigenvalue weighted by Crippen LogP contribution is -2.45. The van der Waals surface area contributed by atoms with Crippen LogP contribution in [0.25, 0.3) is 11.0 Å². The third-order valence-corrected chi connectivity index (χ3v) is 6.19. The van der Waals surface area contributed by atoms with E-state index in [0.717, 1.165) is 5.52 Å². The van der Waals surface area contributed by atoms with Crippen molar-refractivity contribution in [1.82, 2.24) is 25.2 Å². The molecule has 8 nitrogen and oxygen atoms in total. The van der Waals surface area contributed by atoms with Gasteiger partial charge >= 0.3 is 0 Å². The van der Waals surface area contributed by atoms with Crippen LogP contribution >= 0.6 is 11.3 Å². The van der Waals surface area contributed by atoms with Crippen LogP contribution in [0, 0.1) is 5.82 Å². The van der Waals surface area contributed by atoms with Crippen molar-refractivity contribution in [1.29, 1.82) is 0 Å². The van der Waals surface area contributed by atoms with Gasteiger partial charge in [-0.05, 0) is 41.3 Å². The minimum atomic E-state index is -0.871. The fourth-order valence-corrected chi connectivity index (χ4v) is 4.44. The second-order valence-corrected chi connectivity index (χ2v) is 8.56. The molecule has 2 aromatic heterocycles. The molecule has 0 radical (unpaired) electrons. The van der Waals surface area contributed by atoms with E-state index >= 15 is 0 Å². The van der Waals surface area contributed by atoms with Gasteiger partial charge in [-0.15, -0.1) is 16.4 Å². The van der Waals surface area contributed by atoms with Gasteiger partial charge < -0.3 is 15.0 Å². The van der Waals surface area contributed by atoms with E-state index in [-0.39, 0.29) is 30.7 Å². The van der Waals surface area contributed by atoms with Gasteiger partial charge in [0.15, 0.2) is 0 Å². The van der Waals surface area contributed by atoms with Crippen LogP contribution in [0.3, 0.4) is 0 Å². The molecule has 4 aromatic rings. The van der Waals surface area contributed by atoms with Gasteiger partial charge in [0, 0.05) is 25.1 Å². The SMILES string of the molecule is COCCNC(=O)[C@@H](c1cccs1)N(Cc1ccc(F)cc1)C(=O)Cn1nnc2ccccc21. The Morgan fingerprint density at radius 3 is 2.68 bits per heavy atom. The summed E-state index contributed by atoms with van der Waals surface area (Å²) in [7, 11) is 1.55. The van der Waals surface area contributed by atoms with Crippen molar-refractivity contribution in [3.05, 3.63) is 82.3 Å². The van der Waals surface area contributed by atoms with Crippen LogP contribution in [-0.2, 0) is 27.4 Å². The maximum Gasteiger partial charge on any atom is 0.248 e. The number of benzene rings is 2. The molecular formula is C24H24FN5O3S. The number of hydrogen-bond acceptors (Lipinski definition) is 6. The highest BCUT2D eigenvalue weighted by molar-refractivity contribution is 7.10. The zero-order valence-electron chi connectivity index (χ0n) is 18.6. The third-order valence-electron chi connectivity index (χ3n) is 5.27. The predicted molar refractivity (Wildman–Crippen MR) is 126 cm³/mol. The number of nitrogens with one attached hydrogen (secondary N) is 1. The van der Waals surface area contributed by atoms with E-state index in [1.807, 2.05) is 41.8 Å². The monoisotopic (exact) mass is 481 g/mol. The van der Waals surface area contributed by atoms with E-state index in [2.05, 4.69) is 15.6 Å². The molecule has 0 aliphatic rings. The van der Waals surface area contributed by atoms with Gasteiger partial charge in [-0.3, -0.25) is 9.59 Å². The number of aromatic nitrogens is 3. The van der Waals surface area contributed by atoms with E-state index in [9.17, 15) is 14.0 Å². The first-order valence-corrected chi connectivity index (χ1v) is 11.6. The first kappa shape index (κ1) is 23.5. The Bertz CT molecular complexity index is 1240. The van der Waals surface area contributed by atoms with Crippen molar-refractivity contribution in [2.75, 3.05) is 20.3 Å². The van der Waals surface area contributed by atoms with Crippen LogP contribution < -0.4 is 5.32 Å². The van der Waals surface area contributed by atoms with Gasteiger partial charge in [-0.2, -0.15) is 0 Å². The molecule has 10 heteroatoms. The molecule has 2 amide bonds. The Labute approximate surface area is 199 Å². The summed E-state index contributed by atoms with van der Waals surface area (Å²) in [5, 5.41) is 12.9. The quantitative estimate of drug-likeness (QED) is 0.352. The molecule has 0 aliphatic carbocycles. The van der Waals surface area contributed by atoms with Crippen molar-refractivity contribution in [3.8, 4) is 0 Å². The molecule has 4 rings (SSSR count). The van der Waals surface area contributed by atoms with Gasteiger partial charge in [0.1, 0.15) is 23.9 Å². The van der Waals surface area contributed by atoms with Crippen molar-refractivity contribution in [2.45, 2.75) is 19.1 Å². The van der Waals surface area contributed by atoms with Gasteiger partial charge in [0.05, 0.1) is 12.1 Å². The number of rotatable bonds is 10. The number of ether oxygens (including phenoxy) is 1. The molecule has 0 spiro atoms. The molecule has 0 fully saturated rings. The Morgan fingerprint density at radius 2 is 1.94 bits per heavy atom. The topological polar surface area (TPSA) is 89.4 Å². The number of thiophene rings is 1. The number of halogens is 1. The van der Waals surface area contributed by atoms with Crippen LogP contribution in [0.15, 0.2) is 66.0 Å². The van der Waals surface area contributed by atoms with Crippen LogP contribution in [0.4, 0.5) is 4.39 Å². The smallest absolute Gasteiger partial charge is 0.248 e. The number of methoxy groups -OCH3 is 1. The van der Waals surface area contributed by atoms with Gasteiger partial charge in [-0.25, -0.2) is 9.07 Å². The number of amides is 2. The average molecular weight is 482 g/mol. The highest BCUT2D eigenvalue weighted by Gasteiger charge is 2.32. The van der Waals surface area contributed by atoms with E-state index in [0.29, 0.717) is 29.1 Å². The number of fused-ring (bicyclic) bond motifs is 1. The molecule has 176 valence electrons. The van der Waals surface area contributed by atoms with Crippen LogP contribution in [0.5, 0.6) is 0 Å². The minimum absolute atomic E-state index is 0.102. The number of hydrogen-bond donors (Lipinski definition) is 1. The summed E-state index contributed by atoms with van der Waals surface area (Å²) in [5.41, 5.74) is 2.09. The second kappa shape index (κ2) is 11.0. The van der Waals surface area contributed by atoms with Crippen LogP contribution in [-0.4, -0.2) is 52.0 Å². The molecule has 34 heavy (non-hydrogen) atoms. The van der Waals surface area contributed by atoms with E-state index in [1.165, 1.54) is 33.1 Å². The summed E-state index contributed by atoms with van der Waals surface area (Å²) < 4.78 is 20.1. The highest BCUT2D eigenvalue weighted by atomic mass is 32.1. The molecule has 0 saturated heterocycles. The zero-order chi connectivity index (χ0) is 23.9. The first-order chi connectivity index (χ1) is 16.6. The first-order valence-electron chi connectivity index (χ1n) is 10.7. The molecule has 0 unspecified atom stereocenters. The summed E-state index contributed by atoms with van der Waals surface area (Å²) in [6, 6.07) is 16.0. The largest absolute Gasteiger partial charge is 0.383 e. The number of para-hydroxylation sites is 1. The van der Waals surface area contributed by atoms with Gasteiger partial charge in [0.25, 0.3) is 0 Å². The Balaban J connectivity index is 1.68. The van der Waals surface area contributed by atoms with Gasteiger partial charge in [-0.1, -0.05) is 35.5 Å². The third kappa shape index (κ3) is 5.46. The second-order valence-electron chi connectivity index (χ2n) is 7.59. The van der Waals surface area contributed by atoms with Crippen molar-refractivity contribution in [3.63, 3.8) is 0 Å². The predicted octanol–water partition coefficient (Wildman–Crippen LogP) is 3.16. The Kier molecular flexibility index (Phi) is 7.61. The molecule has 0 bridgehead atoms. The van der Waals surface area contributed by atoms with Crippen LogP contribution in [0.2, 0.25) is 0 Å². The summed E-state index contributed by atoms with van der Waals surface area (Å²) in [6.07, 6.45) is 0. The fourth-order valence-electron chi connectivity index (χ4n) is 3.61. The number of carbonyl (C=O) groups excluding carboxylic acids is 2. The lowest BCUT2D eigenvalue weighted by Gasteiger charge is -2.30. The fraction of sp³-hybridized carbons (Fsp3) is 0.250. The van der Waals surface area contributed by atoms with Crippen molar-refractivity contribution in [2.24, 2.45) is 0 Å². The summed E-state index contributed by atoms with van der Waals surface area (Å²) >= 11 is 1.39. The maximum atomic E-state index is 13.7. The molecule has 0 saturated carbocycles. The lowest BCUT2D eigenvalue weighted by atomic mass is 10.1. The summed E-state index contributed by atoms with van der Waals surface area (Å²) in [4.78, 5) is 29.1. The van der Waals surface area contributed by atoms with Gasteiger partial charge in [0.2, 0.25) is 11.8 Å². The van der Waals surface area contributed by atoms with Crippen LogP contribution in [0.1, 0.15) is 16.5 Å². The Hall–Kier alpha value is -3.63. The molecule has 0 aliphatic heterocycles. The minimum Gasteiger partial charge on any atom is -0.383 e. The Morgan fingerprint density at radius 1 is 1.15 bits per heavy atom. The van der Waals surface area contributed by atoms with Crippen molar-refractivity contribution < 1.29 is 18.7 Å². The molecule has 1 N–H and O–H groups in total. The summed E-state index contributed by atoms with van der Waals surface area (Å²) in [6.45, 7) is 0.671. The maximum absolute atomic E-state index is 13.7. The highest BCUT2D eigenvalue weighted by Crippen LogP contribution is 2.28. The van der Waals surface area contributed by atoms with E-state index in [1.54, 1.807) is 19.2 Å². The van der Waals surface area contributed by atoms with E-state index < -0.39 is 6.04 Å². The lowest BCUT2D eigenvalue weighted by molar-refractivity contribution is -0.142. The van der Waals surface area contributed by atoms with E-state index in [4.69, 9.17) is 4.74 Å². The van der Waals surface area contributed by atoms with Crippen molar-refractivity contribution >= 4 is 34.2 Å². The molecular weight excluding hydrogens is 457 g/mol. The average Bonchev–Trinajstić information content (AvgIpc) is 3.51. The normalized spacial score (nSPS) is 11.9.